The Morgan fingerprint density at radius 1 is 1.43 bits per heavy atom. The van der Waals surface area contributed by atoms with Crippen molar-refractivity contribution >= 4 is 11.8 Å². The van der Waals surface area contributed by atoms with E-state index in [-0.39, 0.29) is 0 Å². The molecule has 0 N–H and O–H groups in total. The van der Waals surface area contributed by atoms with Crippen LogP contribution < -0.4 is 4.90 Å². The molecule has 2 heteroatoms. The molecule has 1 aromatic heterocycles. The first-order chi connectivity index (χ1) is 6.66. The van der Waals surface area contributed by atoms with Crippen LogP contribution in [-0.4, -0.2) is 19.1 Å². The minimum atomic E-state index is 1.06. The maximum Gasteiger partial charge on any atom is 0.0468 e. The van der Waals surface area contributed by atoms with Crippen LogP contribution in [0.3, 0.4) is 0 Å². The Morgan fingerprint density at radius 2 is 2.14 bits per heavy atom. The summed E-state index contributed by atoms with van der Waals surface area (Å²) in [6, 6.07) is 2.04. The monoisotopic (exact) mass is 190 g/mol. The molecular weight excluding hydrogens is 172 g/mol. The fraction of sp³-hybridized carbons (Fsp3) is 0.417. The predicted octanol–water partition coefficient (Wildman–Crippen LogP) is 2.88. The summed E-state index contributed by atoms with van der Waals surface area (Å²) in [5, 5.41) is 0. The maximum absolute atomic E-state index is 4.30. The standard InChI is InChI=1S/C12H18N2/c1-5-6-7-11-10(2)13-9-8-12(11)14(3)4/h6-9H,5H2,1-4H3/b7-6-. The largest absolute Gasteiger partial charge is 0.377 e. The van der Waals surface area contributed by atoms with Crippen molar-refractivity contribution in [3.05, 3.63) is 29.6 Å². The number of aromatic nitrogens is 1. The summed E-state index contributed by atoms with van der Waals surface area (Å²) in [7, 11) is 4.11. The van der Waals surface area contributed by atoms with E-state index < -0.39 is 0 Å². The zero-order valence-corrected chi connectivity index (χ0v) is 9.41. The van der Waals surface area contributed by atoms with Crippen molar-refractivity contribution in [1.29, 1.82) is 0 Å². The molecule has 0 fully saturated rings. The van der Waals surface area contributed by atoms with E-state index in [2.05, 4.69) is 43.1 Å². The highest BCUT2D eigenvalue weighted by atomic mass is 15.1. The van der Waals surface area contributed by atoms with E-state index in [4.69, 9.17) is 0 Å². The lowest BCUT2D eigenvalue weighted by Gasteiger charge is -2.16. The van der Waals surface area contributed by atoms with Gasteiger partial charge >= 0.3 is 0 Å². The molecule has 0 aliphatic rings. The third kappa shape index (κ3) is 2.34. The van der Waals surface area contributed by atoms with Gasteiger partial charge in [-0.2, -0.15) is 0 Å². The topological polar surface area (TPSA) is 16.1 Å². The van der Waals surface area contributed by atoms with Crippen molar-refractivity contribution in [3.8, 4) is 0 Å². The van der Waals surface area contributed by atoms with Crippen molar-refractivity contribution in [2.45, 2.75) is 20.3 Å². The Labute approximate surface area is 86.3 Å². The summed E-state index contributed by atoms with van der Waals surface area (Å²) in [5.74, 6) is 0. The van der Waals surface area contributed by atoms with Gasteiger partial charge in [-0.3, -0.25) is 4.98 Å². The van der Waals surface area contributed by atoms with Crippen molar-refractivity contribution in [2.24, 2.45) is 0 Å². The fourth-order valence-electron chi connectivity index (χ4n) is 1.40. The van der Waals surface area contributed by atoms with E-state index in [0.29, 0.717) is 0 Å². The van der Waals surface area contributed by atoms with Gasteiger partial charge < -0.3 is 4.90 Å². The molecule has 0 saturated carbocycles. The molecule has 0 amide bonds. The van der Waals surface area contributed by atoms with Gasteiger partial charge in [0.1, 0.15) is 0 Å². The Morgan fingerprint density at radius 3 is 2.71 bits per heavy atom. The Kier molecular flexibility index (Phi) is 3.69. The van der Waals surface area contributed by atoms with Gasteiger partial charge in [-0.05, 0) is 19.4 Å². The highest BCUT2D eigenvalue weighted by Gasteiger charge is 2.04. The first-order valence-corrected chi connectivity index (χ1v) is 4.96. The van der Waals surface area contributed by atoms with Gasteiger partial charge in [0, 0.05) is 37.2 Å². The number of allylic oxidation sites excluding steroid dienone is 1. The van der Waals surface area contributed by atoms with Crippen LogP contribution in [0.2, 0.25) is 0 Å². The van der Waals surface area contributed by atoms with E-state index in [1.54, 1.807) is 0 Å². The summed E-state index contributed by atoms with van der Waals surface area (Å²) in [5.41, 5.74) is 3.53. The normalized spacial score (nSPS) is 10.9. The van der Waals surface area contributed by atoms with Crippen LogP contribution >= 0.6 is 0 Å². The fourth-order valence-corrected chi connectivity index (χ4v) is 1.40. The van der Waals surface area contributed by atoms with E-state index >= 15 is 0 Å². The molecule has 1 heterocycles. The van der Waals surface area contributed by atoms with Crippen molar-refractivity contribution < 1.29 is 0 Å². The van der Waals surface area contributed by atoms with Crippen molar-refractivity contribution in [3.63, 3.8) is 0 Å². The van der Waals surface area contributed by atoms with E-state index in [9.17, 15) is 0 Å². The lowest BCUT2D eigenvalue weighted by molar-refractivity contribution is 1.09. The second-order valence-electron chi connectivity index (χ2n) is 3.53. The quantitative estimate of drug-likeness (QED) is 0.728. The number of hydrogen-bond acceptors (Lipinski definition) is 2. The average Bonchev–Trinajstić information content (AvgIpc) is 2.15. The van der Waals surface area contributed by atoms with Crippen LogP contribution in [0.4, 0.5) is 5.69 Å². The van der Waals surface area contributed by atoms with E-state index in [1.807, 2.05) is 19.2 Å². The van der Waals surface area contributed by atoms with Crippen LogP contribution in [-0.2, 0) is 0 Å². The molecule has 2 nitrogen and oxygen atoms in total. The molecule has 0 aromatic carbocycles. The molecule has 0 unspecified atom stereocenters. The summed E-state index contributed by atoms with van der Waals surface area (Å²) >= 11 is 0. The molecule has 0 saturated heterocycles. The first kappa shape index (κ1) is 10.8. The predicted molar refractivity (Wildman–Crippen MR) is 62.6 cm³/mol. The number of rotatable bonds is 3. The lowest BCUT2D eigenvalue weighted by atomic mass is 10.1. The molecule has 1 rings (SSSR count). The summed E-state index contributed by atoms with van der Waals surface area (Å²) in [4.78, 5) is 6.41. The number of anilines is 1. The first-order valence-electron chi connectivity index (χ1n) is 4.96. The number of pyridine rings is 1. The smallest absolute Gasteiger partial charge is 0.0468 e. The SMILES string of the molecule is CC/C=C\c1c(N(C)C)ccnc1C. The minimum Gasteiger partial charge on any atom is -0.377 e. The van der Waals surface area contributed by atoms with Crippen molar-refractivity contribution in [2.75, 3.05) is 19.0 Å². The molecule has 0 bridgehead atoms. The Balaban J connectivity index is 3.15. The molecule has 0 atom stereocenters. The number of aryl methyl sites for hydroxylation is 1. The summed E-state index contributed by atoms with van der Waals surface area (Å²) in [6.45, 7) is 4.18. The molecule has 0 radical (unpaired) electrons. The number of hydrogen-bond donors (Lipinski definition) is 0. The molecule has 0 aliphatic heterocycles. The third-order valence-electron chi connectivity index (χ3n) is 2.17. The van der Waals surface area contributed by atoms with Gasteiger partial charge in [-0.25, -0.2) is 0 Å². The van der Waals surface area contributed by atoms with Crippen LogP contribution in [0.15, 0.2) is 18.3 Å². The minimum absolute atomic E-state index is 1.06. The Bertz CT molecular complexity index is 327. The Hall–Kier alpha value is -1.31. The third-order valence-corrected chi connectivity index (χ3v) is 2.17. The van der Waals surface area contributed by atoms with Crippen LogP contribution in [0, 0.1) is 6.92 Å². The number of nitrogens with zero attached hydrogens (tertiary/aromatic N) is 2. The van der Waals surface area contributed by atoms with Gasteiger partial charge in [0.15, 0.2) is 0 Å². The van der Waals surface area contributed by atoms with Crippen molar-refractivity contribution in [1.82, 2.24) is 4.98 Å². The van der Waals surface area contributed by atoms with Gasteiger partial charge in [0.2, 0.25) is 0 Å². The summed E-state index contributed by atoms with van der Waals surface area (Å²) in [6.07, 6.45) is 7.23. The van der Waals surface area contributed by atoms with Gasteiger partial charge in [-0.15, -0.1) is 0 Å². The highest BCUT2D eigenvalue weighted by Crippen LogP contribution is 2.21. The average molecular weight is 190 g/mol. The zero-order chi connectivity index (χ0) is 10.6. The molecule has 0 aliphatic carbocycles. The zero-order valence-electron chi connectivity index (χ0n) is 9.41. The van der Waals surface area contributed by atoms with Crippen LogP contribution in [0.5, 0.6) is 0 Å². The van der Waals surface area contributed by atoms with Gasteiger partial charge in [0.25, 0.3) is 0 Å². The molecule has 76 valence electrons. The molecular formula is C12H18N2. The molecule has 14 heavy (non-hydrogen) atoms. The van der Waals surface area contributed by atoms with Gasteiger partial charge in [0.05, 0.1) is 0 Å². The second-order valence-corrected chi connectivity index (χ2v) is 3.53. The van der Waals surface area contributed by atoms with E-state index in [1.165, 1.54) is 11.3 Å². The van der Waals surface area contributed by atoms with Gasteiger partial charge in [-0.1, -0.05) is 19.1 Å². The second kappa shape index (κ2) is 4.80. The molecule has 0 spiro atoms. The lowest BCUT2D eigenvalue weighted by Crippen LogP contribution is -2.11. The maximum atomic E-state index is 4.30. The molecule has 1 aromatic rings. The van der Waals surface area contributed by atoms with Crippen LogP contribution in [0.1, 0.15) is 24.6 Å². The highest BCUT2D eigenvalue weighted by molar-refractivity contribution is 5.68. The summed E-state index contributed by atoms with van der Waals surface area (Å²) < 4.78 is 0. The van der Waals surface area contributed by atoms with Crippen LogP contribution in [0.25, 0.3) is 6.08 Å². The van der Waals surface area contributed by atoms with E-state index in [0.717, 1.165) is 12.1 Å².